The van der Waals surface area contributed by atoms with Gasteiger partial charge in [0.05, 0.1) is 14.6 Å². The highest BCUT2D eigenvalue weighted by molar-refractivity contribution is 7.91. The fourth-order valence-electron chi connectivity index (χ4n) is 4.28. The zero-order valence-electron chi connectivity index (χ0n) is 17.3. The summed E-state index contributed by atoms with van der Waals surface area (Å²) < 4.78 is 28.9. The van der Waals surface area contributed by atoms with E-state index < -0.39 is 10.0 Å². The molecule has 11 heteroatoms. The molecule has 2 saturated heterocycles. The maximum Gasteiger partial charge on any atom is 0.252 e. The summed E-state index contributed by atoms with van der Waals surface area (Å²) in [5, 5.41) is 1.01. The number of carbonyl (C=O) groups is 1. The van der Waals surface area contributed by atoms with Gasteiger partial charge in [0.15, 0.2) is 5.13 Å². The lowest BCUT2D eigenvalue weighted by Crippen LogP contribution is -2.52. The van der Waals surface area contributed by atoms with Crippen molar-refractivity contribution in [2.75, 3.05) is 44.2 Å². The summed E-state index contributed by atoms with van der Waals surface area (Å²) in [6, 6.07) is 11.3. The average molecular weight is 511 g/mol. The predicted molar refractivity (Wildman–Crippen MR) is 129 cm³/mol. The highest BCUT2D eigenvalue weighted by Gasteiger charge is 2.35. The van der Waals surface area contributed by atoms with E-state index in [9.17, 15) is 13.2 Å². The first kappa shape index (κ1) is 22.1. The van der Waals surface area contributed by atoms with Gasteiger partial charge in [0, 0.05) is 45.2 Å². The van der Waals surface area contributed by atoms with Gasteiger partial charge in [-0.1, -0.05) is 35.1 Å². The predicted octanol–water partition coefficient (Wildman–Crippen LogP) is 3.76. The molecule has 7 nitrogen and oxygen atoms in total. The van der Waals surface area contributed by atoms with Crippen LogP contribution in [0.2, 0.25) is 4.34 Å². The molecule has 0 spiro atoms. The van der Waals surface area contributed by atoms with Gasteiger partial charge in [-0.2, -0.15) is 4.31 Å². The summed E-state index contributed by atoms with van der Waals surface area (Å²) in [6.45, 7) is 3.58. The number of fused-ring (bicyclic) bond motifs is 1. The van der Waals surface area contributed by atoms with Gasteiger partial charge in [0.25, 0.3) is 10.0 Å². The normalized spacial score (nSPS) is 19.0. The molecule has 2 aromatic heterocycles. The van der Waals surface area contributed by atoms with Crippen molar-refractivity contribution in [2.45, 2.75) is 17.1 Å². The van der Waals surface area contributed by atoms with E-state index in [0.717, 1.165) is 35.1 Å². The topological polar surface area (TPSA) is 73.8 Å². The summed E-state index contributed by atoms with van der Waals surface area (Å²) in [5.41, 5.74) is 1.01. The first-order valence-corrected chi connectivity index (χ1v) is 14.0. The van der Waals surface area contributed by atoms with Crippen LogP contribution in [0, 0.1) is 5.92 Å². The molecule has 170 valence electrons. The number of thiazole rings is 1. The van der Waals surface area contributed by atoms with Crippen LogP contribution in [0.25, 0.3) is 10.2 Å². The summed E-state index contributed by atoms with van der Waals surface area (Å²) in [4.78, 5) is 22.0. The van der Waals surface area contributed by atoms with Crippen molar-refractivity contribution in [3.8, 4) is 0 Å². The van der Waals surface area contributed by atoms with Crippen LogP contribution in [0.5, 0.6) is 0 Å². The van der Waals surface area contributed by atoms with Crippen molar-refractivity contribution in [1.82, 2.24) is 14.2 Å². The third kappa shape index (κ3) is 4.26. The highest BCUT2D eigenvalue weighted by Crippen LogP contribution is 2.32. The number of para-hydroxylation sites is 1. The van der Waals surface area contributed by atoms with Crippen LogP contribution < -0.4 is 4.90 Å². The zero-order chi connectivity index (χ0) is 22.3. The Morgan fingerprint density at radius 2 is 1.69 bits per heavy atom. The minimum absolute atomic E-state index is 0.123. The quantitative estimate of drug-likeness (QED) is 0.534. The average Bonchev–Trinajstić information content (AvgIpc) is 3.45. The number of sulfonamides is 1. The highest BCUT2D eigenvalue weighted by atomic mass is 35.5. The monoisotopic (exact) mass is 510 g/mol. The van der Waals surface area contributed by atoms with Gasteiger partial charge in [-0.3, -0.25) is 4.79 Å². The molecule has 0 aliphatic carbocycles. The number of carbonyl (C=O) groups excluding carboxylic acids is 1. The van der Waals surface area contributed by atoms with Crippen molar-refractivity contribution in [3.63, 3.8) is 0 Å². The number of thiophene rings is 1. The number of hydrogen-bond acceptors (Lipinski definition) is 7. The van der Waals surface area contributed by atoms with E-state index >= 15 is 0 Å². The van der Waals surface area contributed by atoms with Crippen LogP contribution in [0.15, 0.2) is 40.6 Å². The van der Waals surface area contributed by atoms with Crippen LogP contribution in [0.1, 0.15) is 12.8 Å². The molecule has 0 radical (unpaired) electrons. The maximum atomic E-state index is 13.1. The Morgan fingerprint density at radius 1 is 0.969 bits per heavy atom. The lowest BCUT2D eigenvalue weighted by molar-refractivity contribution is -0.137. The molecular formula is C21H23ClN4O3S3. The smallest absolute Gasteiger partial charge is 0.252 e. The first-order chi connectivity index (χ1) is 15.4. The van der Waals surface area contributed by atoms with E-state index in [1.54, 1.807) is 23.5 Å². The van der Waals surface area contributed by atoms with E-state index in [2.05, 4.69) is 11.0 Å². The zero-order valence-corrected chi connectivity index (χ0v) is 20.5. The third-order valence-corrected chi connectivity index (χ3v) is 10.8. The summed E-state index contributed by atoms with van der Waals surface area (Å²) >= 11 is 8.66. The molecule has 2 aliphatic rings. The number of nitrogens with zero attached hydrogens (tertiary/aromatic N) is 4. The minimum Gasteiger partial charge on any atom is -0.345 e. The molecule has 2 fully saturated rings. The first-order valence-electron chi connectivity index (χ1n) is 10.6. The standard InChI is InChI=1S/C21H23ClN4O3S3/c22-18-5-6-19(31-18)32(28,29)26-9-7-15(8-10-26)20(27)24-11-13-25(14-12-24)21-23-16-3-1-2-4-17(16)30-21/h1-6,15H,7-14H2. The number of piperazine rings is 1. The van der Waals surface area contributed by atoms with E-state index in [0.29, 0.717) is 43.4 Å². The second-order valence-corrected chi connectivity index (χ2v) is 12.9. The summed E-state index contributed by atoms with van der Waals surface area (Å²) in [6.07, 6.45) is 1.10. The fraction of sp³-hybridized carbons (Fsp3) is 0.429. The number of benzene rings is 1. The second-order valence-electron chi connectivity index (χ2n) is 8.01. The number of piperidine rings is 1. The molecule has 1 amide bonds. The van der Waals surface area contributed by atoms with Gasteiger partial charge in [0.1, 0.15) is 4.21 Å². The molecule has 0 saturated carbocycles. The van der Waals surface area contributed by atoms with Crippen molar-refractivity contribution in [3.05, 3.63) is 40.7 Å². The Hall–Kier alpha value is -1.72. The molecule has 32 heavy (non-hydrogen) atoms. The van der Waals surface area contributed by atoms with Crippen molar-refractivity contribution < 1.29 is 13.2 Å². The minimum atomic E-state index is -3.53. The molecule has 4 heterocycles. The van der Waals surface area contributed by atoms with Crippen LogP contribution in [-0.2, 0) is 14.8 Å². The number of anilines is 1. The van der Waals surface area contributed by atoms with Crippen LogP contribution in [-0.4, -0.2) is 67.8 Å². The summed E-state index contributed by atoms with van der Waals surface area (Å²) in [5.74, 6) is 0.0209. The number of halogens is 1. The fourth-order valence-corrected chi connectivity index (χ4v) is 8.40. The Kier molecular flexibility index (Phi) is 6.15. The molecular weight excluding hydrogens is 488 g/mol. The number of hydrogen-bond donors (Lipinski definition) is 0. The molecule has 0 unspecified atom stereocenters. The Labute approximate surface area is 200 Å². The van der Waals surface area contributed by atoms with Gasteiger partial charge in [-0.15, -0.1) is 11.3 Å². The van der Waals surface area contributed by atoms with Gasteiger partial charge >= 0.3 is 0 Å². The number of aromatic nitrogens is 1. The Morgan fingerprint density at radius 3 is 2.34 bits per heavy atom. The van der Waals surface area contributed by atoms with Gasteiger partial charge in [-0.25, -0.2) is 13.4 Å². The molecule has 0 atom stereocenters. The lowest BCUT2D eigenvalue weighted by Gasteiger charge is -2.38. The van der Waals surface area contributed by atoms with Gasteiger partial charge < -0.3 is 9.80 Å². The SMILES string of the molecule is O=C(C1CCN(S(=O)(=O)c2ccc(Cl)s2)CC1)N1CCN(c2nc3ccccc3s2)CC1. The van der Waals surface area contributed by atoms with Crippen LogP contribution >= 0.6 is 34.3 Å². The Balaban J connectivity index is 1.16. The van der Waals surface area contributed by atoms with Gasteiger partial charge in [-0.05, 0) is 37.1 Å². The van der Waals surface area contributed by atoms with E-state index in [1.165, 1.54) is 9.01 Å². The number of rotatable bonds is 4. The van der Waals surface area contributed by atoms with Crippen LogP contribution in [0.3, 0.4) is 0 Å². The summed E-state index contributed by atoms with van der Waals surface area (Å²) in [7, 11) is -3.53. The molecule has 1 aromatic carbocycles. The molecule has 3 aromatic rings. The third-order valence-electron chi connectivity index (χ3n) is 6.09. The second kappa shape index (κ2) is 8.90. The van der Waals surface area contributed by atoms with Crippen molar-refractivity contribution in [1.29, 1.82) is 0 Å². The van der Waals surface area contributed by atoms with Crippen LogP contribution in [0.4, 0.5) is 5.13 Å². The Bertz CT molecular complexity index is 1190. The van der Waals surface area contributed by atoms with E-state index in [1.807, 2.05) is 23.1 Å². The molecule has 0 N–H and O–H groups in total. The van der Waals surface area contributed by atoms with E-state index in [4.69, 9.17) is 16.6 Å². The number of amides is 1. The molecule has 0 bridgehead atoms. The molecule has 2 aliphatic heterocycles. The molecule has 5 rings (SSSR count). The van der Waals surface area contributed by atoms with Crippen molar-refractivity contribution in [2.24, 2.45) is 5.92 Å². The van der Waals surface area contributed by atoms with Gasteiger partial charge in [0.2, 0.25) is 5.91 Å². The van der Waals surface area contributed by atoms with Crippen molar-refractivity contribution >= 4 is 65.6 Å². The van der Waals surface area contributed by atoms with E-state index in [-0.39, 0.29) is 16.0 Å². The maximum absolute atomic E-state index is 13.1. The largest absolute Gasteiger partial charge is 0.345 e. The lowest BCUT2D eigenvalue weighted by atomic mass is 9.96.